The van der Waals surface area contributed by atoms with Crippen molar-refractivity contribution in [3.8, 4) is 0 Å². The van der Waals surface area contributed by atoms with Crippen LogP contribution < -0.4 is 15.1 Å². The number of fused-ring (bicyclic) bond motifs is 2. The second kappa shape index (κ2) is 8.29. The van der Waals surface area contributed by atoms with Crippen molar-refractivity contribution in [1.29, 1.82) is 0 Å². The first kappa shape index (κ1) is 22.2. The van der Waals surface area contributed by atoms with Gasteiger partial charge >= 0.3 is 0 Å². The Bertz CT molecular complexity index is 1340. The van der Waals surface area contributed by atoms with Crippen LogP contribution in [0.15, 0.2) is 66.7 Å². The van der Waals surface area contributed by atoms with E-state index >= 15 is 0 Å². The molecule has 0 bridgehead atoms. The SMILES string of the molecule is Cc1ccc2c(c1)[C@]1(SCC(=O)N1c1cccc(F)c1)C(=O)N2CC(=O)Nc1ccccc1C. The molecule has 2 heterocycles. The molecule has 0 aromatic heterocycles. The van der Waals surface area contributed by atoms with Crippen LogP contribution >= 0.6 is 11.8 Å². The minimum Gasteiger partial charge on any atom is -0.324 e. The molecule has 1 fully saturated rings. The van der Waals surface area contributed by atoms with Crippen LogP contribution in [-0.2, 0) is 19.3 Å². The number of hydrogen-bond donors (Lipinski definition) is 1. The summed E-state index contributed by atoms with van der Waals surface area (Å²) in [7, 11) is 0. The van der Waals surface area contributed by atoms with Crippen molar-refractivity contribution in [3.63, 3.8) is 0 Å². The first-order valence-corrected chi connectivity index (χ1v) is 11.8. The maximum atomic E-state index is 14.1. The van der Waals surface area contributed by atoms with Crippen LogP contribution in [0.2, 0.25) is 0 Å². The van der Waals surface area contributed by atoms with Gasteiger partial charge in [0.15, 0.2) is 0 Å². The van der Waals surface area contributed by atoms with Crippen LogP contribution in [0, 0.1) is 19.7 Å². The summed E-state index contributed by atoms with van der Waals surface area (Å²) in [5.74, 6) is -1.46. The summed E-state index contributed by atoms with van der Waals surface area (Å²) < 4.78 is 14.1. The quantitative estimate of drug-likeness (QED) is 0.609. The highest BCUT2D eigenvalue weighted by Gasteiger charge is 2.61. The largest absolute Gasteiger partial charge is 0.324 e. The number of rotatable bonds is 4. The monoisotopic (exact) mass is 475 g/mol. The molecule has 3 aromatic rings. The number of aryl methyl sites for hydroxylation is 2. The summed E-state index contributed by atoms with van der Waals surface area (Å²) in [5.41, 5.74) is 3.99. The van der Waals surface area contributed by atoms with Crippen LogP contribution in [0.3, 0.4) is 0 Å². The predicted molar refractivity (Wildman–Crippen MR) is 131 cm³/mol. The van der Waals surface area contributed by atoms with Gasteiger partial charge in [0.05, 0.1) is 11.4 Å². The molecule has 1 spiro atoms. The molecule has 2 aliphatic heterocycles. The second-order valence-corrected chi connectivity index (χ2v) is 9.58. The Hall–Kier alpha value is -3.65. The lowest BCUT2D eigenvalue weighted by molar-refractivity contribution is -0.124. The molecular formula is C26H22FN3O3S. The van der Waals surface area contributed by atoms with Gasteiger partial charge in [0.25, 0.3) is 5.91 Å². The van der Waals surface area contributed by atoms with Crippen molar-refractivity contribution in [3.05, 3.63) is 89.2 Å². The van der Waals surface area contributed by atoms with Crippen molar-refractivity contribution < 1.29 is 18.8 Å². The van der Waals surface area contributed by atoms with E-state index in [1.54, 1.807) is 18.2 Å². The fourth-order valence-electron chi connectivity index (χ4n) is 4.54. The predicted octanol–water partition coefficient (Wildman–Crippen LogP) is 4.36. The van der Waals surface area contributed by atoms with E-state index in [0.29, 0.717) is 22.6 Å². The standard InChI is InChI=1S/C26H22FN3O3S/c1-16-10-11-22-20(12-16)26(30(24(32)15-34-26)19-8-5-7-18(27)13-19)25(33)29(22)14-23(31)28-21-9-4-3-6-17(21)2/h3-13H,14-15H2,1-2H3,(H,28,31)/t26-/m0/s1. The van der Waals surface area contributed by atoms with E-state index in [-0.39, 0.29) is 24.1 Å². The minimum atomic E-state index is -1.39. The van der Waals surface area contributed by atoms with Gasteiger partial charge in [0, 0.05) is 16.9 Å². The molecule has 1 saturated heterocycles. The van der Waals surface area contributed by atoms with E-state index < -0.39 is 16.6 Å². The second-order valence-electron chi connectivity index (χ2n) is 8.42. The number of carbonyl (C=O) groups excluding carboxylic acids is 3. The number of hydrogen-bond acceptors (Lipinski definition) is 4. The molecule has 8 heteroatoms. The fraction of sp³-hybridized carbons (Fsp3) is 0.192. The Kier molecular flexibility index (Phi) is 5.40. The van der Waals surface area contributed by atoms with E-state index in [9.17, 15) is 18.8 Å². The Morgan fingerprint density at radius 1 is 1.06 bits per heavy atom. The molecule has 1 atom stereocenters. The zero-order chi connectivity index (χ0) is 24.0. The topological polar surface area (TPSA) is 69.7 Å². The first-order valence-electron chi connectivity index (χ1n) is 10.8. The third-order valence-electron chi connectivity index (χ3n) is 6.10. The van der Waals surface area contributed by atoms with E-state index in [4.69, 9.17) is 0 Å². The lowest BCUT2D eigenvalue weighted by Crippen LogP contribution is -2.51. The van der Waals surface area contributed by atoms with Gasteiger partial charge in [-0.3, -0.25) is 24.2 Å². The third kappa shape index (κ3) is 3.45. The number of thioether (sulfide) groups is 1. The molecule has 0 radical (unpaired) electrons. The van der Waals surface area contributed by atoms with Crippen LogP contribution in [0.1, 0.15) is 16.7 Å². The van der Waals surface area contributed by atoms with E-state index in [0.717, 1.165) is 11.1 Å². The minimum absolute atomic E-state index is 0.0683. The van der Waals surface area contributed by atoms with Crippen molar-refractivity contribution in [1.82, 2.24) is 0 Å². The fourth-order valence-corrected chi connectivity index (χ4v) is 5.89. The molecule has 5 rings (SSSR count). The number of carbonyl (C=O) groups is 3. The Balaban J connectivity index is 1.56. The molecule has 0 aliphatic carbocycles. The molecule has 172 valence electrons. The number of benzene rings is 3. The van der Waals surface area contributed by atoms with Gasteiger partial charge in [-0.2, -0.15) is 0 Å². The lowest BCUT2D eigenvalue weighted by Gasteiger charge is -2.33. The maximum Gasteiger partial charge on any atom is 0.269 e. The number of halogens is 1. The molecule has 34 heavy (non-hydrogen) atoms. The molecule has 2 aliphatic rings. The molecule has 3 aromatic carbocycles. The zero-order valence-corrected chi connectivity index (χ0v) is 19.5. The Morgan fingerprint density at radius 2 is 1.85 bits per heavy atom. The average Bonchev–Trinajstić information content (AvgIpc) is 3.26. The maximum absolute atomic E-state index is 14.1. The molecule has 3 amide bonds. The highest BCUT2D eigenvalue weighted by atomic mass is 32.2. The van der Waals surface area contributed by atoms with Crippen molar-refractivity contribution >= 4 is 46.5 Å². The molecule has 6 nitrogen and oxygen atoms in total. The number of anilines is 3. The van der Waals surface area contributed by atoms with Crippen LogP contribution in [0.25, 0.3) is 0 Å². The molecule has 1 N–H and O–H groups in total. The Labute approximate surface area is 200 Å². The highest BCUT2D eigenvalue weighted by Crippen LogP contribution is 2.55. The smallest absolute Gasteiger partial charge is 0.269 e. The molecular weight excluding hydrogens is 453 g/mol. The van der Waals surface area contributed by atoms with Gasteiger partial charge in [-0.15, -0.1) is 11.8 Å². The number of nitrogens with one attached hydrogen (secondary N) is 1. The Morgan fingerprint density at radius 3 is 2.62 bits per heavy atom. The van der Waals surface area contributed by atoms with Gasteiger partial charge in [-0.1, -0.05) is 42.0 Å². The molecule has 0 saturated carbocycles. The summed E-state index contributed by atoms with van der Waals surface area (Å²) in [5, 5.41) is 2.87. The lowest BCUT2D eigenvalue weighted by atomic mass is 10.0. The van der Waals surface area contributed by atoms with Crippen LogP contribution in [0.5, 0.6) is 0 Å². The van der Waals surface area contributed by atoms with Gasteiger partial charge in [-0.05, 0) is 49.7 Å². The highest BCUT2D eigenvalue weighted by molar-refractivity contribution is 8.02. The van der Waals surface area contributed by atoms with Crippen LogP contribution in [-0.4, -0.2) is 30.0 Å². The molecule has 0 unspecified atom stereocenters. The van der Waals surface area contributed by atoms with Crippen molar-refractivity contribution in [2.75, 3.05) is 27.4 Å². The normalized spacial score (nSPS) is 19.1. The summed E-state index contributed by atoms with van der Waals surface area (Å²) in [6.45, 7) is 3.58. The van der Waals surface area contributed by atoms with Gasteiger partial charge in [-0.25, -0.2) is 4.39 Å². The number of nitrogens with zero attached hydrogens (tertiary/aromatic N) is 2. The summed E-state index contributed by atoms with van der Waals surface area (Å²) >= 11 is 1.20. The average molecular weight is 476 g/mol. The van der Waals surface area contributed by atoms with Gasteiger partial charge in [0.1, 0.15) is 12.4 Å². The first-order chi connectivity index (χ1) is 16.3. The third-order valence-corrected chi connectivity index (χ3v) is 7.49. The van der Waals surface area contributed by atoms with Crippen molar-refractivity contribution in [2.24, 2.45) is 0 Å². The van der Waals surface area contributed by atoms with Gasteiger partial charge < -0.3 is 5.32 Å². The van der Waals surface area contributed by atoms with E-state index in [2.05, 4.69) is 5.32 Å². The summed E-state index contributed by atoms with van der Waals surface area (Å²) in [6.07, 6.45) is 0. The van der Waals surface area contributed by atoms with Crippen LogP contribution in [0.4, 0.5) is 21.5 Å². The zero-order valence-electron chi connectivity index (χ0n) is 18.7. The van der Waals surface area contributed by atoms with E-state index in [1.807, 2.05) is 44.2 Å². The van der Waals surface area contributed by atoms with Gasteiger partial charge in [0.2, 0.25) is 16.7 Å². The van der Waals surface area contributed by atoms with E-state index in [1.165, 1.54) is 39.8 Å². The summed E-state index contributed by atoms with van der Waals surface area (Å²) in [4.78, 5) is 41.4. The number of para-hydroxylation sites is 1. The summed E-state index contributed by atoms with van der Waals surface area (Å²) in [6, 6.07) is 18.6. The van der Waals surface area contributed by atoms with Crippen molar-refractivity contribution in [2.45, 2.75) is 18.7 Å². The number of amides is 3.